The maximum Gasteiger partial charge on any atom is 0.272 e. The molecule has 1 unspecified atom stereocenters. The molecule has 1 atom stereocenters. The van der Waals surface area contributed by atoms with E-state index in [-0.39, 0.29) is 22.6 Å². The number of carbonyl (C=O) groups is 1. The van der Waals surface area contributed by atoms with E-state index in [4.69, 9.17) is 0 Å². The Bertz CT molecular complexity index is 557. The number of hydrogen-bond acceptors (Lipinski definition) is 4. The van der Waals surface area contributed by atoms with Gasteiger partial charge < -0.3 is 10.2 Å². The Morgan fingerprint density at radius 3 is 2.65 bits per heavy atom. The number of benzene rings is 1. The van der Waals surface area contributed by atoms with Crippen LogP contribution in [-0.4, -0.2) is 30.5 Å². The molecule has 1 fully saturated rings. The highest BCUT2D eigenvalue weighted by molar-refractivity contribution is 5.98. The summed E-state index contributed by atoms with van der Waals surface area (Å²) in [4.78, 5) is 24.7. The van der Waals surface area contributed by atoms with E-state index in [1.807, 2.05) is 0 Å². The Morgan fingerprint density at radius 1 is 1.35 bits per heavy atom. The summed E-state index contributed by atoms with van der Waals surface area (Å²) in [6, 6.07) is 3.11. The van der Waals surface area contributed by atoms with Crippen molar-refractivity contribution in [3.8, 4) is 0 Å². The Morgan fingerprint density at radius 2 is 2.05 bits per heavy atom. The van der Waals surface area contributed by atoms with Crippen molar-refractivity contribution in [3.63, 3.8) is 0 Å². The number of likely N-dealkylation sites (N-methyl/N-ethyl adjacent to an activating group) is 1. The summed E-state index contributed by atoms with van der Waals surface area (Å²) in [6.07, 6.45) is 1.75. The molecule has 20 heavy (non-hydrogen) atoms. The van der Waals surface area contributed by atoms with Gasteiger partial charge in [0.2, 0.25) is 5.91 Å². The van der Waals surface area contributed by atoms with E-state index in [1.54, 1.807) is 37.9 Å². The maximum atomic E-state index is 12.4. The van der Waals surface area contributed by atoms with E-state index >= 15 is 0 Å². The van der Waals surface area contributed by atoms with Gasteiger partial charge >= 0.3 is 0 Å². The minimum Gasteiger partial charge on any atom is -0.311 e. The molecule has 6 heteroatoms. The Labute approximate surface area is 117 Å². The average molecular weight is 277 g/mol. The van der Waals surface area contributed by atoms with Crippen LogP contribution in [0.25, 0.3) is 0 Å². The first kappa shape index (κ1) is 14.5. The number of nitrogens with zero attached hydrogens (tertiary/aromatic N) is 2. The van der Waals surface area contributed by atoms with Crippen molar-refractivity contribution in [2.45, 2.75) is 32.7 Å². The van der Waals surface area contributed by atoms with Gasteiger partial charge in [-0.1, -0.05) is 0 Å². The molecule has 1 amide bonds. The lowest BCUT2D eigenvalue weighted by atomic mass is 10.0. The summed E-state index contributed by atoms with van der Waals surface area (Å²) >= 11 is 0. The molecule has 1 aromatic carbocycles. The highest BCUT2D eigenvalue weighted by Crippen LogP contribution is 2.30. The molecule has 0 spiro atoms. The number of piperidine rings is 1. The topological polar surface area (TPSA) is 75.5 Å². The number of nitro benzene ring substituents is 1. The number of nitro groups is 1. The third-order valence-electron chi connectivity index (χ3n) is 3.79. The molecule has 0 saturated carbocycles. The fourth-order valence-electron chi connectivity index (χ4n) is 2.66. The molecule has 0 aromatic heterocycles. The van der Waals surface area contributed by atoms with Crippen molar-refractivity contribution in [3.05, 3.63) is 33.4 Å². The molecule has 6 nitrogen and oxygen atoms in total. The van der Waals surface area contributed by atoms with E-state index in [9.17, 15) is 14.9 Å². The summed E-state index contributed by atoms with van der Waals surface area (Å²) in [5, 5.41) is 14.0. The van der Waals surface area contributed by atoms with Gasteiger partial charge in [-0.2, -0.15) is 0 Å². The summed E-state index contributed by atoms with van der Waals surface area (Å²) in [5.41, 5.74) is 2.21. The second-order valence-corrected chi connectivity index (χ2v) is 5.16. The van der Waals surface area contributed by atoms with E-state index in [1.165, 1.54) is 0 Å². The first-order chi connectivity index (χ1) is 9.45. The van der Waals surface area contributed by atoms with Gasteiger partial charge in [-0.3, -0.25) is 14.9 Å². The Kier molecular flexibility index (Phi) is 4.04. The Balaban J connectivity index is 2.40. The fourth-order valence-corrected chi connectivity index (χ4v) is 2.66. The standard InChI is InChI=1S/C14H19N3O3/c1-9-8-13(17(19)20)10(2)7-12(9)16-6-4-5-11(15-3)14(16)18/h7-8,11,15H,4-6H2,1-3H3. The van der Waals surface area contributed by atoms with Gasteiger partial charge in [0, 0.05) is 23.9 Å². The summed E-state index contributed by atoms with van der Waals surface area (Å²) < 4.78 is 0. The molecule has 2 rings (SSSR count). The van der Waals surface area contributed by atoms with Crippen molar-refractivity contribution >= 4 is 17.3 Å². The number of anilines is 1. The van der Waals surface area contributed by atoms with Gasteiger partial charge in [-0.05, 0) is 45.4 Å². The molecule has 1 saturated heterocycles. The number of carbonyl (C=O) groups excluding carboxylic acids is 1. The predicted molar refractivity (Wildman–Crippen MR) is 77.0 cm³/mol. The predicted octanol–water partition coefficient (Wildman–Crippen LogP) is 1.93. The van der Waals surface area contributed by atoms with Crippen LogP contribution in [0.1, 0.15) is 24.0 Å². The quantitative estimate of drug-likeness (QED) is 0.676. The highest BCUT2D eigenvalue weighted by Gasteiger charge is 2.30. The first-order valence-electron chi connectivity index (χ1n) is 6.70. The maximum absolute atomic E-state index is 12.4. The van der Waals surface area contributed by atoms with Gasteiger partial charge in [0.25, 0.3) is 5.69 Å². The normalized spacial score (nSPS) is 19.2. The number of aryl methyl sites for hydroxylation is 2. The monoisotopic (exact) mass is 277 g/mol. The SMILES string of the molecule is CNC1CCCN(c2cc(C)c([N+](=O)[O-])cc2C)C1=O. The molecule has 108 valence electrons. The summed E-state index contributed by atoms with van der Waals surface area (Å²) in [5.74, 6) is 0.0371. The van der Waals surface area contributed by atoms with Crippen molar-refractivity contribution < 1.29 is 9.72 Å². The molecule has 0 bridgehead atoms. The molecule has 0 radical (unpaired) electrons. The molecule has 1 aromatic rings. The van der Waals surface area contributed by atoms with Crippen LogP contribution in [0.3, 0.4) is 0 Å². The zero-order chi connectivity index (χ0) is 14.9. The van der Waals surface area contributed by atoms with Crippen LogP contribution in [0.5, 0.6) is 0 Å². The molecule has 1 heterocycles. The van der Waals surface area contributed by atoms with Crippen LogP contribution < -0.4 is 10.2 Å². The lowest BCUT2D eigenvalue weighted by Gasteiger charge is -2.33. The second kappa shape index (κ2) is 5.58. The van der Waals surface area contributed by atoms with Crippen molar-refractivity contribution in [2.24, 2.45) is 0 Å². The lowest BCUT2D eigenvalue weighted by molar-refractivity contribution is -0.385. The van der Waals surface area contributed by atoms with Gasteiger partial charge in [-0.25, -0.2) is 0 Å². The number of rotatable bonds is 3. The van der Waals surface area contributed by atoms with Crippen LogP contribution in [0, 0.1) is 24.0 Å². The van der Waals surface area contributed by atoms with E-state index < -0.39 is 0 Å². The average Bonchev–Trinajstić information content (AvgIpc) is 2.41. The molecule has 1 aliphatic rings. The van der Waals surface area contributed by atoms with Crippen LogP contribution in [0.4, 0.5) is 11.4 Å². The summed E-state index contributed by atoms with van der Waals surface area (Å²) in [7, 11) is 1.78. The van der Waals surface area contributed by atoms with Gasteiger partial charge in [0.15, 0.2) is 0 Å². The van der Waals surface area contributed by atoms with Crippen LogP contribution in [-0.2, 0) is 4.79 Å². The third-order valence-corrected chi connectivity index (χ3v) is 3.79. The fraction of sp³-hybridized carbons (Fsp3) is 0.500. The largest absolute Gasteiger partial charge is 0.311 e. The smallest absolute Gasteiger partial charge is 0.272 e. The van der Waals surface area contributed by atoms with E-state index in [2.05, 4.69) is 5.32 Å². The second-order valence-electron chi connectivity index (χ2n) is 5.16. The molecule has 0 aliphatic carbocycles. The highest BCUT2D eigenvalue weighted by atomic mass is 16.6. The van der Waals surface area contributed by atoms with E-state index in [0.717, 1.165) is 24.1 Å². The minimum absolute atomic E-state index is 0.0371. The number of amides is 1. The van der Waals surface area contributed by atoms with Crippen molar-refractivity contribution in [2.75, 3.05) is 18.5 Å². The van der Waals surface area contributed by atoms with Crippen molar-refractivity contribution in [1.29, 1.82) is 0 Å². The third kappa shape index (κ3) is 2.51. The minimum atomic E-state index is -0.388. The molecular weight excluding hydrogens is 258 g/mol. The summed E-state index contributed by atoms with van der Waals surface area (Å²) in [6.45, 7) is 4.16. The molecule has 1 N–H and O–H groups in total. The van der Waals surface area contributed by atoms with Gasteiger partial charge in [-0.15, -0.1) is 0 Å². The van der Waals surface area contributed by atoms with Crippen LogP contribution >= 0.6 is 0 Å². The number of nitrogens with one attached hydrogen (secondary N) is 1. The van der Waals surface area contributed by atoms with Gasteiger partial charge in [0.05, 0.1) is 11.0 Å². The van der Waals surface area contributed by atoms with Gasteiger partial charge in [0.1, 0.15) is 0 Å². The molecular formula is C14H19N3O3. The Hall–Kier alpha value is -1.95. The van der Waals surface area contributed by atoms with Crippen LogP contribution in [0.2, 0.25) is 0 Å². The van der Waals surface area contributed by atoms with E-state index in [0.29, 0.717) is 12.1 Å². The zero-order valence-electron chi connectivity index (χ0n) is 12.0. The first-order valence-corrected chi connectivity index (χ1v) is 6.70. The zero-order valence-corrected chi connectivity index (χ0v) is 12.0. The lowest BCUT2D eigenvalue weighted by Crippen LogP contribution is -2.50. The van der Waals surface area contributed by atoms with Crippen molar-refractivity contribution in [1.82, 2.24) is 5.32 Å². The molecule has 1 aliphatic heterocycles. The van der Waals surface area contributed by atoms with Crippen LogP contribution in [0.15, 0.2) is 12.1 Å². The number of hydrogen-bond donors (Lipinski definition) is 1.